The molecule has 0 atom stereocenters. The molecular weight excluding hydrogens is 307 g/mol. The second kappa shape index (κ2) is 5.09. The van der Waals surface area contributed by atoms with E-state index in [0.717, 1.165) is 0 Å². The predicted molar refractivity (Wildman–Crippen MR) is 65.1 cm³/mol. The quantitative estimate of drug-likeness (QED) is 0.640. The van der Waals surface area contributed by atoms with Crippen LogP contribution >= 0.6 is 15.9 Å². The summed E-state index contributed by atoms with van der Waals surface area (Å²) in [6.45, 7) is 0. The van der Waals surface area contributed by atoms with Gasteiger partial charge in [-0.3, -0.25) is 10.1 Å². The second-order valence-corrected chi connectivity index (χ2v) is 4.12. The van der Waals surface area contributed by atoms with Gasteiger partial charge in [-0.15, -0.1) is 0 Å². The summed E-state index contributed by atoms with van der Waals surface area (Å²) >= 11 is 3.10. The first-order valence-electron chi connectivity index (χ1n) is 4.80. The number of nitrogens with zero attached hydrogens (tertiary/aromatic N) is 2. The van der Waals surface area contributed by atoms with Crippen LogP contribution in [-0.4, -0.2) is 9.91 Å². The molecule has 2 aromatic rings. The largest absolute Gasteiger partial charge is 0.432 e. The Bertz CT molecular complexity index is 607. The summed E-state index contributed by atoms with van der Waals surface area (Å²) in [5.74, 6) is -0.335. The fraction of sp³-hybridized carbons (Fsp3) is 0. The summed E-state index contributed by atoms with van der Waals surface area (Å²) in [5, 5.41) is 10.8. The monoisotopic (exact) mass is 312 g/mol. The van der Waals surface area contributed by atoms with Crippen LogP contribution < -0.4 is 4.74 Å². The Morgan fingerprint density at radius 3 is 2.83 bits per heavy atom. The molecule has 0 aliphatic rings. The molecule has 0 saturated heterocycles. The summed E-state index contributed by atoms with van der Waals surface area (Å²) in [6, 6.07) is 6.46. The van der Waals surface area contributed by atoms with Gasteiger partial charge < -0.3 is 4.74 Å². The first-order chi connectivity index (χ1) is 8.58. The number of halogens is 2. The van der Waals surface area contributed by atoms with Crippen molar-refractivity contribution < 1.29 is 14.1 Å². The van der Waals surface area contributed by atoms with Gasteiger partial charge in [0, 0.05) is 12.3 Å². The van der Waals surface area contributed by atoms with Crippen molar-refractivity contribution in [2.24, 2.45) is 0 Å². The number of rotatable bonds is 3. The highest BCUT2D eigenvalue weighted by Gasteiger charge is 2.17. The number of hydrogen-bond acceptors (Lipinski definition) is 4. The van der Waals surface area contributed by atoms with Crippen LogP contribution in [0.4, 0.5) is 10.1 Å². The molecule has 0 N–H and O–H groups in total. The molecule has 1 aromatic heterocycles. The van der Waals surface area contributed by atoms with Crippen molar-refractivity contribution in [3.63, 3.8) is 0 Å². The van der Waals surface area contributed by atoms with Gasteiger partial charge in [0.25, 0.3) is 5.88 Å². The van der Waals surface area contributed by atoms with Gasteiger partial charge >= 0.3 is 5.69 Å². The van der Waals surface area contributed by atoms with Gasteiger partial charge in [0.05, 0.1) is 9.40 Å². The predicted octanol–water partition coefficient (Wildman–Crippen LogP) is 3.68. The van der Waals surface area contributed by atoms with E-state index >= 15 is 0 Å². The number of pyridine rings is 1. The maximum Gasteiger partial charge on any atom is 0.331 e. The molecule has 0 bridgehead atoms. The lowest BCUT2D eigenvalue weighted by Gasteiger charge is -2.06. The van der Waals surface area contributed by atoms with Gasteiger partial charge in [0.1, 0.15) is 11.6 Å². The van der Waals surface area contributed by atoms with Crippen molar-refractivity contribution >= 4 is 21.6 Å². The van der Waals surface area contributed by atoms with E-state index in [9.17, 15) is 14.5 Å². The van der Waals surface area contributed by atoms with Gasteiger partial charge in [0.15, 0.2) is 0 Å². The highest BCUT2D eigenvalue weighted by Crippen LogP contribution is 2.33. The molecular formula is C11H6BrFN2O3. The molecule has 7 heteroatoms. The average molecular weight is 313 g/mol. The van der Waals surface area contributed by atoms with Crippen LogP contribution in [0, 0.1) is 15.9 Å². The number of aromatic nitrogens is 1. The lowest BCUT2D eigenvalue weighted by molar-refractivity contribution is -0.386. The van der Waals surface area contributed by atoms with Crippen molar-refractivity contribution in [2.45, 2.75) is 0 Å². The third kappa shape index (κ3) is 2.62. The van der Waals surface area contributed by atoms with Crippen LogP contribution in [-0.2, 0) is 0 Å². The number of ether oxygens (including phenoxy) is 1. The highest BCUT2D eigenvalue weighted by atomic mass is 79.9. The van der Waals surface area contributed by atoms with Gasteiger partial charge in [-0.1, -0.05) is 0 Å². The van der Waals surface area contributed by atoms with Crippen LogP contribution in [0.5, 0.6) is 11.6 Å². The van der Waals surface area contributed by atoms with E-state index in [1.54, 1.807) is 0 Å². The summed E-state index contributed by atoms with van der Waals surface area (Å²) in [6.07, 6.45) is 1.37. The Morgan fingerprint density at radius 1 is 1.39 bits per heavy atom. The third-order valence-corrected chi connectivity index (χ3v) is 2.67. The molecule has 1 aromatic carbocycles. The fourth-order valence-electron chi connectivity index (χ4n) is 1.26. The summed E-state index contributed by atoms with van der Waals surface area (Å²) in [4.78, 5) is 13.9. The lowest BCUT2D eigenvalue weighted by atomic mass is 10.3. The molecule has 92 valence electrons. The Labute approximate surface area is 110 Å². The van der Waals surface area contributed by atoms with Crippen LogP contribution in [0.15, 0.2) is 41.0 Å². The van der Waals surface area contributed by atoms with E-state index in [1.165, 1.54) is 36.5 Å². The lowest BCUT2D eigenvalue weighted by Crippen LogP contribution is -1.96. The molecule has 1 heterocycles. The summed E-state index contributed by atoms with van der Waals surface area (Å²) in [7, 11) is 0. The van der Waals surface area contributed by atoms with E-state index in [0.29, 0.717) is 4.47 Å². The zero-order valence-electron chi connectivity index (χ0n) is 8.84. The molecule has 0 unspecified atom stereocenters. The van der Waals surface area contributed by atoms with Crippen molar-refractivity contribution in [3.05, 3.63) is 56.9 Å². The Balaban J connectivity index is 2.37. The van der Waals surface area contributed by atoms with Crippen LogP contribution in [0.3, 0.4) is 0 Å². The fourth-order valence-corrected chi connectivity index (χ4v) is 1.69. The van der Waals surface area contributed by atoms with Crippen molar-refractivity contribution in [1.29, 1.82) is 0 Å². The zero-order chi connectivity index (χ0) is 13.1. The minimum absolute atomic E-state index is 0.144. The van der Waals surface area contributed by atoms with Gasteiger partial charge in [-0.05, 0) is 40.2 Å². The normalized spacial score (nSPS) is 10.1. The minimum Gasteiger partial charge on any atom is -0.432 e. The summed E-state index contributed by atoms with van der Waals surface area (Å²) in [5.41, 5.74) is -0.256. The maximum absolute atomic E-state index is 12.9. The topological polar surface area (TPSA) is 65.3 Å². The van der Waals surface area contributed by atoms with Crippen LogP contribution in [0.1, 0.15) is 0 Å². The van der Waals surface area contributed by atoms with Crippen molar-refractivity contribution in [3.8, 4) is 11.6 Å². The third-order valence-electron chi connectivity index (χ3n) is 2.05. The molecule has 18 heavy (non-hydrogen) atoms. The second-order valence-electron chi connectivity index (χ2n) is 3.26. The molecule has 5 nitrogen and oxygen atoms in total. The van der Waals surface area contributed by atoms with E-state index in [-0.39, 0.29) is 17.3 Å². The van der Waals surface area contributed by atoms with Gasteiger partial charge in [-0.25, -0.2) is 9.37 Å². The van der Waals surface area contributed by atoms with E-state index in [2.05, 4.69) is 20.9 Å². The van der Waals surface area contributed by atoms with Crippen molar-refractivity contribution in [1.82, 2.24) is 4.98 Å². The summed E-state index contributed by atoms with van der Waals surface area (Å²) < 4.78 is 18.5. The molecule has 2 rings (SSSR count). The van der Waals surface area contributed by atoms with Crippen molar-refractivity contribution in [2.75, 3.05) is 0 Å². The van der Waals surface area contributed by atoms with Gasteiger partial charge in [-0.2, -0.15) is 0 Å². The maximum atomic E-state index is 12.9. The van der Waals surface area contributed by atoms with Crippen LogP contribution in [0.25, 0.3) is 0 Å². The molecule has 0 fully saturated rings. The van der Waals surface area contributed by atoms with E-state index in [4.69, 9.17) is 4.74 Å². The first-order valence-corrected chi connectivity index (χ1v) is 5.59. The first kappa shape index (κ1) is 12.4. The zero-order valence-corrected chi connectivity index (χ0v) is 10.4. The molecule has 0 amide bonds. The van der Waals surface area contributed by atoms with Gasteiger partial charge in [0.2, 0.25) is 0 Å². The number of benzene rings is 1. The minimum atomic E-state index is -0.597. The Morgan fingerprint density at radius 2 is 2.17 bits per heavy atom. The molecule has 0 aliphatic carbocycles. The highest BCUT2D eigenvalue weighted by molar-refractivity contribution is 9.10. The van der Waals surface area contributed by atoms with E-state index < -0.39 is 10.7 Å². The van der Waals surface area contributed by atoms with Crippen LogP contribution in [0.2, 0.25) is 0 Å². The van der Waals surface area contributed by atoms with E-state index in [1.807, 2.05) is 0 Å². The molecule has 0 aliphatic heterocycles. The standard InChI is InChI=1S/C11H6BrFN2O3/c12-8-6-7(13)3-4-10(8)18-11-9(15(16)17)2-1-5-14-11/h1-6H. The molecule has 0 spiro atoms. The Kier molecular flexibility index (Phi) is 3.52. The molecule has 0 saturated carbocycles. The number of nitro groups is 1. The average Bonchev–Trinajstić information content (AvgIpc) is 2.33. The molecule has 0 radical (unpaired) electrons. The number of hydrogen-bond donors (Lipinski definition) is 0. The SMILES string of the molecule is O=[N+]([O-])c1cccnc1Oc1ccc(F)cc1Br. The smallest absolute Gasteiger partial charge is 0.331 e. The Hall–Kier alpha value is -2.02.